The fourth-order valence-electron chi connectivity index (χ4n) is 2.47. The van der Waals surface area contributed by atoms with Crippen LogP contribution in [0.5, 0.6) is 0 Å². The maximum absolute atomic E-state index is 5.65. The van der Waals surface area contributed by atoms with Gasteiger partial charge in [0.1, 0.15) is 0 Å². The van der Waals surface area contributed by atoms with E-state index in [0.29, 0.717) is 6.10 Å². The second-order valence-corrected chi connectivity index (χ2v) is 6.89. The van der Waals surface area contributed by atoms with Gasteiger partial charge in [0.2, 0.25) is 0 Å². The maximum atomic E-state index is 5.65. The minimum atomic E-state index is 0. The van der Waals surface area contributed by atoms with Gasteiger partial charge in [0, 0.05) is 36.6 Å². The predicted molar refractivity (Wildman–Crippen MR) is 112 cm³/mol. The Balaban J connectivity index is 0.00000288. The zero-order chi connectivity index (χ0) is 16.3. The van der Waals surface area contributed by atoms with Gasteiger partial charge in [-0.1, -0.05) is 6.92 Å². The fourth-order valence-corrected chi connectivity index (χ4v) is 3.37. The first-order valence-electron chi connectivity index (χ1n) is 8.53. The minimum Gasteiger partial charge on any atom is -0.379 e. The minimum absolute atomic E-state index is 0. The van der Waals surface area contributed by atoms with Crippen LogP contribution < -0.4 is 10.6 Å². The average molecular weight is 467 g/mol. The lowest BCUT2D eigenvalue weighted by atomic mass is 10.2. The number of aryl methyl sites for hydroxylation is 1. The van der Waals surface area contributed by atoms with Crippen LogP contribution in [0.15, 0.2) is 17.1 Å². The Bertz CT molecular complexity index is 476. The average Bonchev–Trinajstić information content (AvgIpc) is 3.25. The third-order valence-electron chi connectivity index (χ3n) is 3.81. The van der Waals surface area contributed by atoms with Crippen molar-refractivity contribution in [3.8, 4) is 0 Å². The smallest absolute Gasteiger partial charge is 0.191 e. The van der Waals surface area contributed by atoms with Crippen LogP contribution in [0.25, 0.3) is 0 Å². The highest BCUT2D eigenvalue weighted by Gasteiger charge is 2.14. The molecule has 2 rings (SSSR count). The van der Waals surface area contributed by atoms with E-state index in [1.165, 1.54) is 16.2 Å². The van der Waals surface area contributed by atoms with E-state index in [1.807, 2.05) is 11.3 Å². The molecule has 1 atom stereocenters. The van der Waals surface area contributed by atoms with Gasteiger partial charge in [-0.15, -0.1) is 35.3 Å². The Morgan fingerprint density at radius 2 is 2.21 bits per heavy atom. The van der Waals surface area contributed by atoms with Crippen LogP contribution in [-0.2, 0) is 22.4 Å². The maximum Gasteiger partial charge on any atom is 0.191 e. The molecular weight excluding hydrogens is 437 g/mol. The Hall–Kier alpha value is -0.380. The molecular formula is C17H30IN3O2S. The molecule has 1 aromatic heterocycles. The van der Waals surface area contributed by atoms with Gasteiger partial charge in [0.25, 0.3) is 0 Å². The number of rotatable bonds is 9. The number of nitrogens with one attached hydrogen (secondary N) is 2. The van der Waals surface area contributed by atoms with Gasteiger partial charge >= 0.3 is 0 Å². The molecule has 0 saturated carbocycles. The first-order chi connectivity index (χ1) is 11.3. The molecule has 0 aliphatic carbocycles. The summed E-state index contributed by atoms with van der Waals surface area (Å²) in [7, 11) is 1.80. The third kappa shape index (κ3) is 8.13. The molecule has 1 unspecified atom stereocenters. The first-order valence-corrected chi connectivity index (χ1v) is 9.35. The number of thiophene rings is 1. The number of halogens is 1. The van der Waals surface area contributed by atoms with E-state index in [9.17, 15) is 0 Å². The predicted octanol–water partition coefficient (Wildman–Crippen LogP) is 3.18. The van der Waals surface area contributed by atoms with Crippen LogP contribution in [0.1, 0.15) is 35.9 Å². The van der Waals surface area contributed by atoms with E-state index in [-0.39, 0.29) is 24.0 Å². The summed E-state index contributed by atoms with van der Waals surface area (Å²) in [6.45, 7) is 6.24. The number of ether oxygens (including phenoxy) is 2. The first kappa shape index (κ1) is 21.7. The highest BCUT2D eigenvalue weighted by atomic mass is 127. The van der Waals surface area contributed by atoms with Crippen molar-refractivity contribution >= 4 is 41.3 Å². The van der Waals surface area contributed by atoms with E-state index >= 15 is 0 Å². The summed E-state index contributed by atoms with van der Waals surface area (Å²) in [6.07, 6.45) is 4.69. The summed E-state index contributed by atoms with van der Waals surface area (Å²) in [5, 5.41) is 6.67. The molecule has 138 valence electrons. The molecule has 24 heavy (non-hydrogen) atoms. The van der Waals surface area contributed by atoms with Gasteiger partial charge in [-0.3, -0.25) is 4.99 Å². The molecule has 1 saturated heterocycles. The zero-order valence-corrected chi connectivity index (χ0v) is 17.8. The summed E-state index contributed by atoms with van der Waals surface area (Å²) in [4.78, 5) is 7.01. The summed E-state index contributed by atoms with van der Waals surface area (Å²) in [6, 6.07) is 4.38. The van der Waals surface area contributed by atoms with Crippen molar-refractivity contribution in [2.45, 2.75) is 45.3 Å². The van der Waals surface area contributed by atoms with Gasteiger partial charge < -0.3 is 20.1 Å². The number of hydrogen-bond acceptors (Lipinski definition) is 4. The molecule has 5 nitrogen and oxygen atoms in total. The Morgan fingerprint density at radius 3 is 2.88 bits per heavy atom. The molecule has 7 heteroatoms. The fraction of sp³-hybridized carbons (Fsp3) is 0.706. The van der Waals surface area contributed by atoms with Gasteiger partial charge in [-0.25, -0.2) is 0 Å². The highest BCUT2D eigenvalue weighted by Crippen LogP contribution is 2.16. The quantitative estimate of drug-likeness (QED) is 0.254. The molecule has 2 heterocycles. The van der Waals surface area contributed by atoms with Crippen LogP contribution >= 0.6 is 35.3 Å². The molecule has 0 radical (unpaired) electrons. The summed E-state index contributed by atoms with van der Waals surface area (Å²) in [5.41, 5.74) is 0. The van der Waals surface area contributed by atoms with Crippen molar-refractivity contribution in [3.63, 3.8) is 0 Å². The van der Waals surface area contributed by atoms with Gasteiger partial charge in [-0.2, -0.15) is 0 Å². The molecule has 1 aliphatic heterocycles. The van der Waals surface area contributed by atoms with Crippen LogP contribution in [0.2, 0.25) is 0 Å². The van der Waals surface area contributed by atoms with Crippen molar-refractivity contribution in [2.24, 2.45) is 4.99 Å². The van der Waals surface area contributed by atoms with E-state index in [4.69, 9.17) is 9.47 Å². The lowest BCUT2D eigenvalue weighted by Gasteiger charge is -2.12. The summed E-state index contributed by atoms with van der Waals surface area (Å²) in [5.74, 6) is 0.843. The van der Waals surface area contributed by atoms with E-state index in [1.54, 1.807) is 7.05 Å². The second kappa shape index (κ2) is 12.9. The number of guanidine groups is 1. The number of aliphatic imine (C=N–C) groups is 1. The number of hydrogen-bond donors (Lipinski definition) is 2. The lowest BCUT2D eigenvalue weighted by molar-refractivity contribution is 0.0168. The van der Waals surface area contributed by atoms with Crippen LogP contribution in [0, 0.1) is 0 Å². The van der Waals surface area contributed by atoms with Crippen molar-refractivity contribution in [3.05, 3.63) is 21.9 Å². The standard InChI is InChI=1S/C17H29N3O2S.HI/c1-3-15-7-8-16(23-15)12-20-17(18-2)19-9-5-10-21-13-14-6-4-11-22-14;/h7-8,14H,3-6,9-13H2,1-2H3,(H2,18,19,20);1H. The van der Waals surface area contributed by atoms with Gasteiger partial charge in [0.05, 0.1) is 19.3 Å². The molecule has 1 aromatic rings. The summed E-state index contributed by atoms with van der Waals surface area (Å²) >= 11 is 1.86. The van der Waals surface area contributed by atoms with Crippen LogP contribution in [-0.4, -0.2) is 45.5 Å². The van der Waals surface area contributed by atoms with E-state index < -0.39 is 0 Å². The topological polar surface area (TPSA) is 54.9 Å². The molecule has 1 fully saturated rings. The third-order valence-corrected chi connectivity index (χ3v) is 5.03. The largest absolute Gasteiger partial charge is 0.379 e. The summed E-state index contributed by atoms with van der Waals surface area (Å²) < 4.78 is 11.2. The lowest BCUT2D eigenvalue weighted by Crippen LogP contribution is -2.37. The van der Waals surface area contributed by atoms with Crippen molar-refractivity contribution < 1.29 is 9.47 Å². The molecule has 0 amide bonds. The number of nitrogens with zero attached hydrogens (tertiary/aromatic N) is 1. The van der Waals surface area contributed by atoms with Gasteiger partial charge in [0.15, 0.2) is 5.96 Å². The SMILES string of the molecule is CCc1ccc(CNC(=NC)NCCCOCC2CCCO2)s1.I. The monoisotopic (exact) mass is 467 g/mol. The zero-order valence-electron chi connectivity index (χ0n) is 14.7. The Morgan fingerprint density at radius 1 is 1.38 bits per heavy atom. The van der Waals surface area contributed by atoms with Crippen molar-refractivity contribution in [1.29, 1.82) is 0 Å². The Kier molecular flexibility index (Phi) is 11.7. The Labute approximate surface area is 166 Å². The van der Waals surface area contributed by atoms with Crippen LogP contribution in [0.3, 0.4) is 0 Å². The van der Waals surface area contributed by atoms with E-state index in [2.05, 4.69) is 34.7 Å². The van der Waals surface area contributed by atoms with Crippen LogP contribution in [0.4, 0.5) is 0 Å². The van der Waals surface area contributed by atoms with E-state index in [0.717, 1.165) is 58.1 Å². The molecule has 0 bridgehead atoms. The molecule has 0 aromatic carbocycles. The second-order valence-electron chi connectivity index (χ2n) is 5.64. The van der Waals surface area contributed by atoms with Crippen molar-refractivity contribution in [1.82, 2.24) is 10.6 Å². The van der Waals surface area contributed by atoms with Gasteiger partial charge in [-0.05, 0) is 37.8 Å². The molecule has 1 aliphatic rings. The molecule has 2 N–H and O–H groups in total. The van der Waals surface area contributed by atoms with Crippen molar-refractivity contribution in [2.75, 3.05) is 33.4 Å². The normalized spacial score (nSPS) is 17.6. The highest BCUT2D eigenvalue weighted by molar-refractivity contribution is 14.0. The molecule has 0 spiro atoms.